The van der Waals surface area contributed by atoms with Gasteiger partial charge in [-0.15, -0.1) is 0 Å². The summed E-state index contributed by atoms with van der Waals surface area (Å²) in [6.07, 6.45) is 5.24. The second-order valence-electron chi connectivity index (χ2n) is 4.09. The van der Waals surface area contributed by atoms with Crippen LogP contribution in [-0.4, -0.2) is 19.2 Å². The van der Waals surface area contributed by atoms with Crippen LogP contribution >= 0.6 is 0 Å². The molecular formula is C15H13NO3. The number of esters is 1. The first-order valence-electron chi connectivity index (χ1n) is 5.85. The van der Waals surface area contributed by atoms with Gasteiger partial charge >= 0.3 is 5.97 Å². The topological polar surface area (TPSA) is 59.3 Å². The Morgan fingerprint density at radius 1 is 1.42 bits per heavy atom. The van der Waals surface area contributed by atoms with Crippen molar-refractivity contribution < 1.29 is 14.3 Å². The van der Waals surface area contributed by atoms with Crippen molar-refractivity contribution in [2.75, 3.05) is 7.11 Å². The second kappa shape index (κ2) is 5.87. The van der Waals surface area contributed by atoms with Crippen molar-refractivity contribution in [1.29, 1.82) is 5.26 Å². The molecule has 0 spiro atoms. The molecule has 0 amide bonds. The summed E-state index contributed by atoms with van der Waals surface area (Å²) in [6, 6.07) is 9.23. The summed E-state index contributed by atoms with van der Waals surface area (Å²) in [6.45, 7) is 0. The highest BCUT2D eigenvalue weighted by atomic mass is 16.5. The fourth-order valence-corrected chi connectivity index (χ4v) is 1.75. The molecule has 2 rings (SSSR count). The fourth-order valence-electron chi connectivity index (χ4n) is 1.75. The van der Waals surface area contributed by atoms with Crippen molar-refractivity contribution in [2.24, 2.45) is 0 Å². The highest BCUT2D eigenvalue weighted by molar-refractivity contribution is 5.83. The Bertz CT molecular complexity index is 564. The Labute approximate surface area is 111 Å². The molecule has 96 valence electrons. The highest BCUT2D eigenvalue weighted by Gasteiger charge is 2.19. The van der Waals surface area contributed by atoms with Gasteiger partial charge in [0, 0.05) is 6.42 Å². The number of carbonyl (C=O) groups excluding carboxylic acids is 1. The predicted octanol–water partition coefficient (Wildman–Crippen LogP) is 2.42. The molecule has 1 heterocycles. The van der Waals surface area contributed by atoms with Crippen molar-refractivity contribution >= 4 is 12.0 Å². The summed E-state index contributed by atoms with van der Waals surface area (Å²) < 4.78 is 10.2. The summed E-state index contributed by atoms with van der Waals surface area (Å²) in [5, 5.41) is 8.70. The van der Waals surface area contributed by atoms with E-state index in [2.05, 4.69) is 6.07 Å². The molecule has 0 bridgehead atoms. The number of hydrogen-bond acceptors (Lipinski definition) is 4. The lowest BCUT2D eigenvalue weighted by Crippen LogP contribution is -2.21. The van der Waals surface area contributed by atoms with E-state index >= 15 is 0 Å². The minimum absolute atomic E-state index is 0.317. The van der Waals surface area contributed by atoms with Gasteiger partial charge in [0.2, 0.25) is 0 Å². The molecule has 0 aromatic heterocycles. The zero-order chi connectivity index (χ0) is 13.7. The molecule has 1 aliphatic rings. The fraction of sp³-hybridized carbons (Fsp3) is 0.200. The summed E-state index contributed by atoms with van der Waals surface area (Å²) >= 11 is 0. The monoisotopic (exact) mass is 255 g/mol. The van der Waals surface area contributed by atoms with Crippen molar-refractivity contribution in [3.63, 3.8) is 0 Å². The largest absolute Gasteiger partial charge is 0.501 e. The first-order chi connectivity index (χ1) is 9.21. The third kappa shape index (κ3) is 3.46. The number of nitriles is 1. The third-order valence-electron chi connectivity index (χ3n) is 2.75. The van der Waals surface area contributed by atoms with Crippen molar-refractivity contribution in [3.8, 4) is 6.07 Å². The maximum absolute atomic E-state index is 11.3. The van der Waals surface area contributed by atoms with Crippen LogP contribution in [0.3, 0.4) is 0 Å². The third-order valence-corrected chi connectivity index (χ3v) is 2.75. The van der Waals surface area contributed by atoms with Gasteiger partial charge in [0.1, 0.15) is 11.9 Å². The maximum Gasteiger partial charge on any atom is 0.334 e. The molecule has 1 aromatic carbocycles. The Morgan fingerprint density at radius 3 is 2.79 bits per heavy atom. The summed E-state index contributed by atoms with van der Waals surface area (Å²) in [5.41, 5.74) is 1.56. The Balaban J connectivity index is 2.04. The Kier molecular flexibility index (Phi) is 3.99. The number of nitrogens with zero attached hydrogens (tertiary/aromatic N) is 1. The number of carbonyl (C=O) groups is 1. The van der Waals surface area contributed by atoms with Crippen LogP contribution in [0.15, 0.2) is 42.2 Å². The Morgan fingerprint density at radius 2 is 2.16 bits per heavy atom. The molecule has 0 aliphatic carbocycles. The maximum atomic E-state index is 11.3. The van der Waals surface area contributed by atoms with Crippen molar-refractivity contribution in [1.82, 2.24) is 0 Å². The minimum atomic E-state index is -0.391. The molecule has 0 fully saturated rings. The van der Waals surface area contributed by atoms with E-state index in [1.54, 1.807) is 12.1 Å². The van der Waals surface area contributed by atoms with Gasteiger partial charge in [-0.3, -0.25) is 0 Å². The van der Waals surface area contributed by atoms with Crippen LogP contribution in [0.25, 0.3) is 6.08 Å². The van der Waals surface area contributed by atoms with E-state index in [9.17, 15) is 4.79 Å². The first kappa shape index (κ1) is 12.9. The van der Waals surface area contributed by atoms with Gasteiger partial charge in [-0.1, -0.05) is 18.2 Å². The van der Waals surface area contributed by atoms with Gasteiger partial charge in [0.15, 0.2) is 0 Å². The molecule has 0 saturated heterocycles. The van der Waals surface area contributed by atoms with E-state index in [0.717, 1.165) is 5.56 Å². The molecule has 1 aliphatic heterocycles. The van der Waals surface area contributed by atoms with E-state index in [1.807, 2.05) is 24.3 Å². The van der Waals surface area contributed by atoms with Crippen LogP contribution < -0.4 is 0 Å². The number of benzene rings is 1. The lowest BCUT2D eigenvalue weighted by atomic mass is 10.1. The molecule has 0 saturated carbocycles. The second-order valence-corrected chi connectivity index (χ2v) is 4.09. The quantitative estimate of drug-likeness (QED) is 0.778. The van der Waals surface area contributed by atoms with Crippen LogP contribution in [0.5, 0.6) is 0 Å². The van der Waals surface area contributed by atoms with E-state index in [-0.39, 0.29) is 6.10 Å². The zero-order valence-electron chi connectivity index (χ0n) is 10.5. The summed E-state index contributed by atoms with van der Waals surface area (Å²) in [4.78, 5) is 11.3. The Hall–Kier alpha value is -2.54. The summed E-state index contributed by atoms with van der Waals surface area (Å²) in [5.74, 6) is 0.225. The summed E-state index contributed by atoms with van der Waals surface area (Å²) in [7, 11) is 1.53. The first-order valence-corrected chi connectivity index (χ1v) is 5.85. The molecule has 1 unspecified atom stereocenters. The predicted molar refractivity (Wildman–Crippen MR) is 69.8 cm³/mol. The molecule has 0 N–H and O–H groups in total. The molecule has 4 nitrogen and oxygen atoms in total. The van der Waals surface area contributed by atoms with E-state index in [1.165, 1.54) is 13.2 Å². The average Bonchev–Trinajstić information content (AvgIpc) is 2.45. The zero-order valence-corrected chi connectivity index (χ0v) is 10.5. The number of ether oxygens (including phenoxy) is 2. The van der Waals surface area contributed by atoms with Gasteiger partial charge in [0.05, 0.1) is 24.8 Å². The lowest BCUT2D eigenvalue weighted by Gasteiger charge is -2.19. The average molecular weight is 255 g/mol. The number of cyclic esters (lactones) is 1. The van der Waals surface area contributed by atoms with Crippen LogP contribution in [0, 0.1) is 11.3 Å². The van der Waals surface area contributed by atoms with Crippen molar-refractivity contribution in [2.45, 2.75) is 12.5 Å². The van der Waals surface area contributed by atoms with Gasteiger partial charge in [-0.25, -0.2) is 4.79 Å². The van der Waals surface area contributed by atoms with E-state index < -0.39 is 5.97 Å². The standard InChI is InChI=1S/C15H13NO3/c1-18-14-8-13(19-15(17)9-14)7-6-11-2-4-12(10-16)5-3-11/h2-7,9,13H,8H2,1H3. The van der Waals surface area contributed by atoms with Crippen LogP contribution in [-0.2, 0) is 14.3 Å². The van der Waals surface area contributed by atoms with E-state index in [4.69, 9.17) is 14.7 Å². The minimum Gasteiger partial charge on any atom is -0.501 e. The van der Waals surface area contributed by atoms with Gasteiger partial charge < -0.3 is 9.47 Å². The molecule has 19 heavy (non-hydrogen) atoms. The normalized spacial score (nSPS) is 18.6. The molecule has 0 radical (unpaired) electrons. The highest BCUT2D eigenvalue weighted by Crippen LogP contribution is 2.18. The number of rotatable bonds is 3. The lowest BCUT2D eigenvalue weighted by molar-refractivity contribution is -0.142. The smallest absolute Gasteiger partial charge is 0.334 e. The van der Waals surface area contributed by atoms with Crippen molar-refractivity contribution in [3.05, 3.63) is 53.3 Å². The molecule has 4 heteroatoms. The number of hydrogen-bond donors (Lipinski definition) is 0. The SMILES string of the molecule is COC1=CC(=O)OC(C=Cc2ccc(C#N)cc2)C1. The molecular weight excluding hydrogens is 242 g/mol. The van der Waals surface area contributed by atoms with Gasteiger partial charge in [0.25, 0.3) is 0 Å². The molecule has 1 atom stereocenters. The van der Waals surface area contributed by atoms with Crippen LogP contribution in [0.1, 0.15) is 17.5 Å². The van der Waals surface area contributed by atoms with Gasteiger partial charge in [-0.05, 0) is 23.8 Å². The number of methoxy groups -OCH3 is 1. The van der Waals surface area contributed by atoms with Crippen LogP contribution in [0.4, 0.5) is 0 Å². The van der Waals surface area contributed by atoms with Crippen LogP contribution in [0.2, 0.25) is 0 Å². The van der Waals surface area contributed by atoms with E-state index in [0.29, 0.717) is 17.7 Å². The van der Waals surface area contributed by atoms with Gasteiger partial charge in [-0.2, -0.15) is 5.26 Å². The molecule has 1 aromatic rings.